The summed E-state index contributed by atoms with van der Waals surface area (Å²) >= 11 is 6.11. The van der Waals surface area contributed by atoms with Crippen LogP contribution in [0.25, 0.3) is 28.3 Å². The first-order valence-electron chi connectivity index (χ1n) is 13.4. The molecule has 3 heterocycles. The number of halogens is 1. The molecule has 5 aromatic rings. The van der Waals surface area contributed by atoms with Crippen LogP contribution in [-0.2, 0) is 31.0 Å². The van der Waals surface area contributed by atoms with Crippen LogP contribution in [0.4, 0.5) is 5.69 Å². The summed E-state index contributed by atoms with van der Waals surface area (Å²) in [4.78, 5) is 22.0. The Bertz CT molecular complexity index is 1710. The normalized spacial score (nSPS) is 14.8. The van der Waals surface area contributed by atoms with Gasteiger partial charge in [0.2, 0.25) is 5.91 Å². The number of oxazole rings is 1. The van der Waals surface area contributed by atoms with Gasteiger partial charge in [-0.3, -0.25) is 13.9 Å². The van der Waals surface area contributed by atoms with Crippen LogP contribution in [0, 0.1) is 0 Å². The number of fused-ring (bicyclic) bond motifs is 1. The first-order chi connectivity index (χ1) is 20.0. The van der Waals surface area contributed by atoms with Crippen LogP contribution in [0.1, 0.15) is 30.6 Å². The highest BCUT2D eigenvalue weighted by molar-refractivity contribution is 7.53. The predicted molar refractivity (Wildman–Crippen MR) is 157 cm³/mol. The molecule has 1 saturated heterocycles. The summed E-state index contributed by atoms with van der Waals surface area (Å²) in [6.07, 6.45) is 4.02. The quantitative estimate of drug-likeness (QED) is 0.178. The lowest BCUT2D eigenvalue weighted by molar-refractivity contribution is -0.116. The summed E-state index contributed by atoms with van der Waals surface area (Å²) in [6, 6.07) is 22.8. The van der Waals surface area contributed by atoms with Crippen molar-refractivity contribution in [3.8, 4) is 17.3 Å². The van der Waals surface area contributed by atoms with Gasteiger partial charge in [0, 0.05) is 29.1 Å². The Morgan fingerprint density at radius 2 is 1.76 bits per heavy atom. The van der Waals surface area contributed by atoms with Crippen molar-refractivity contribution in [2.24, 2.45) is 0 Å². The van der Waals surface area contributed by atoms with Gasteiger partial charge in [-0.15, -0.1) is 0 Å². The molecule has 0 saturated carbocycles. The van der Waals surface area contributed by atoms with E-state index in [1.54, 1.807) is 18.5 Å². The van der Waals surface area contributed by atoms with E-state index in [-0.39, 0.29) is 12.1 Å². The average Bonchev–Trinajstić information content (AvgIpc) is 3.59. The van der Waals surface area contributed by atoms with E-state index >= 15 is 0 Å². The Hall–Kier alpha value is -3.75. The molecule has 0 bridgehead atoms. The Morgan fingerprint density at radius 3 is 2.54 bits per heavy atom. The molecule has 1 fully saturated rings. The van der Waals surface area contributed by atoms with Crippen molar-refractivity contribution >= 4 is 41.8 Å². The molecular weight excluding hydrogens is 563 g/mol. The number of rotatable bonds is 9. The molecule has 3 aromatic carbocycles. The van der Waals surface area contributed by atoms with Gasteiger partial charge in [-0.05, 0) is 54.8 Å². The number of anilines is 1. The first-order valence-corrected chi connectivity index (χ1v) is 15.5. The van der Waals surface area contributed by atoms with Crippen molar-refractivity contribution < 1.29 is 22.8 Å². The van der Waals surface area contributed by atoms with Gasteiger partial charge in [0.1, 0.15) is 17.8 Å². The molecule has 9 nitrogen and oxygen atoms in total. The number of aryl methyl sites for hydroxylation is 1. The van der Waals surface area contributed by atoms with Gasteiger partial charge in [-0.1, -0.05) is 48.0 Å². The topological polar surface area (TPSA) is 108 Å². The summed E-state index contributed by atoms with van der Waals surface area (Å²) in [5, 5.41) is 3.56. The van der Waals surface area contributed by atoms with E-state index in [2.05, 4.69) is 10.3 Å². The van der Waals surface area contributed by atoms with Crippen molar-refractivity contribution in [3.63, 3.8) is 0 Å². The van der Waals surface area contributed by atoms with Crippen molar-refractivity contribution in [2.45, 2.75) is 31.8 Å². The fourth-order valence-corrected chi connectivity index (χ4v) is 6.56. The molecule has 210 valence electrons. The van der Waals surface area contributed by atoms with E-state index in [0.29, 0.717) is 60.7 Å². The molecule has 41 heavy (non-hydrogen) atoms. The highest BCUT2D eigenvalue weighted by Crippen LogP contribution is 2.53. The molecule has 0 unspecified atom stereocenters. The average molecular weight is 591 g/mol. The maximum absolute atomic E-state index is 12.7. The smallest absolute Gasteiger partial charge is 0.335 e. The summed E-state index contributed by atoms with van der Waals surface area (Å²) < 4.78 is 31.4. The third-order valence-corrected chi connectivity index (χ3v) is 8.91. The van der Waals surface area contributed by atoms with Crippen LogP contribution < -0.4 is 5.32 Å². The van der Waals surface area contributed by atoms with Gasteiger partial charge < -0.3 is 18.8 Å². The molecule has 2 aromatic heterocycles. The minimum atomic E-state index is -3.09. The number of hydrogen-bond acceptors (Lipinski definition) is 7. The second kappa shape index (κ2) is 12.0. The highest BCUT2D eigenvalue weighted by Gasteiger charge is 2.28. The SMILES string of the molecule is O=C(CCCc1oc(-n2cnc3ccccc32)nc1-c1ccc(Cl)cc1)Nc1ccc(CP2(=O)OCCCO2)cc1. The number of aromatic nitrogens is 3. The number of imidazole rings is 1. The standard InChI is InChI=1S/C30H28ClN4O5P/c31-23-13-11-22(12-14-23)29-27(40-30(34-29)35-20-32-25-5-1-2-6-26(25)35)7-3-8-28(36)33-24-15-9-21(10-16-24)19-41(37)38-17-4-18-39-41/h1-2,5-6,9-16,20H,3-4,7-8,17-19H2,(H,33,36). The van der Waals surface area contributed by atoms with Gasteiger partial charge in [-0.2, -0.15) is 4.98 Å². The number of amides is 1. The zero-order valence-electron chi connectivity index (χ0n) is 22.2. The zero-order chi connectivity index (χ0) is 28.2. The van der Waals surface area contributed by atoms with Crippen LogP contribution in [0.2, 0.25) is 5.02 Å². The van der Waals surface area contributed by atoms with Gasteiger partial charge >= 0.3 is 13.6 Å². The number of para-hydroxylation sites is 2. The largest absolute Gasteiger partial charge is 0.427 e. The maximum atomic E-state index is 12.7. The Kier molecular flexibility index (Phi) is 8.03. The Labute approximate surface area is 242 Å². The maximum Gasteiger partial charge on any atom is 0.335 e. The Morgan fingerprint density at radius 1 is 1.00 bits per heavy atom. The van der Waals surface area contributed by atoms with Crippen LogP contribution in [0.15, 0.2) is 83.5 Å². The van der Waals surface area contributed by atoms with Gasteiger partial charge in [-0.25, -0.2) is 4.98 Å². The Balaban J connectivity index is 1.12. The number of carbonyl (C=O) groups is 1. The van der Waals surface area contributed by atoms with E-state index in [9.17, 15) is 9.36 Å². The lowest BCUT2D eigenvalue weighted by Gasteiger charge is -2.22. The molecule has 0 radical (unpaired) electrons. The van der Waals surface area contributed by atoms with Crippen molar-refractivity contribution in [1.82, 2.24) is 14.5 Å². The fraction of sp³-hybridized carbons (Fsp3) is 0.233. The van der Waals surface area contributed by atoms with Gasteiger partial charge in [0.15, 0.2) is 0 Å². The van der Waals surface area contributed by atoms with Crippen molar-refractivity contribution in [3.05, 3.63) is 95.5 Å². The zero-order valence-corrected chi connectivity index (χ0v) is 23.8. The van der Waals surface area contributed by atoms with Gasteiger partial charge in [0.05, 0.1) is 30.4 Å². The fourth-order valence-electron chi connectivity index (χ4n) is 4.70. The number of hydrogen-bond donors (Lipinski definition) is 1. The molecule has 1 aliphatic rings. The number of carbonyl (C=O) groups excluding carboxylic acids is 1. The molecule has 1 amide bonds. The van der Waals surface area contributed by atoms with Crippen LogP contribution in [0.5, 0.6) is 0 Å². The molecule has 6 rings (SSSR count). The van der Waals surface area contributed by atoms with Crippen LogP contribution in [-0.4, -0.2) is 33.7 Å². The third kappa shape index (κ3) is 6.44. The molecule has 1 aliphatic heterocycles. The second-order valence-electron chi connectivity index (χ2n) is 9.77. The number of nitrogens with one attached hydrogen (secondary N) is 1. The lowest BCUT2D eigenvalue weighted by Crippen LogP contribution is -2.12. The summed E-state index contributed by atoms with van der Waals surface area (Å²) in [6.45, 7) is 0.894. The molecule has 0 aliphatic carbocycles. The van der Waals surface area contributed by atoms with Crippen molar-refractivity contribution in [1.29, 1.82) is 0 Å². The predicted octanol–water partition coefficient (Wildman–Crippen LogP) is 7.43. The number of nitrogens with zero attached hydrogens (tertiary/aromatic N) is 3. The minimum Gasteiger partial charge on any atom is -0.427 e. The first kappa shape index (κ1) is 27.4. The second-order valence-corrected chi connectivity index (χ2v) is 12.3. The summed E-state index contributed by atoms with van der Waals surface area (Å²) in [7, 11) is -3.09. The van der Waals surface area contributed by atoms with E-state index < -0.39 is 7.60 Å². The lowest BCUT2D eigenvalue weighted by atomic mass is 10.1. The van der Waals surface area contributed by atoms with E-state index in [1.807, 2.05) is 65.2 Å². The summed E-state index contributed by atoms with van der Waals surface area (Å²) in [5.74, 6) is 0.567. The van der Waals surface area contributed by atoms with Crippen LogP contribution >= 0.6 is 19.2 Å². The van der Waals surface area contributed by atoms with Crippen molar-refractivity contribution in [2.75, 3.05) is 18.5 Å². The molecule has 1 N–H and O–H groups in total. The molecular formula is C30H28ClN4O5P. The molecule has 0 spiro atoms. The molecule has 0 atom stereocenters. The summed E-state index contributed by atoms with van der Waals surface area (Å²) in [5.41, 5.74) is 4.80. The van der Waals surface area contributed by atoms with E-state index in [0.717, 1.165) is 28.6 Å². The number of benzene rings is 3. The molecule has 11 heteroatoms. The van der Waals surface area contributed by atoms with Crippen LogP contribution in [0.3, 0.4) is 0 Å². The van der Waals surface area contributed by atoms with E-state index in [1.165, 1.54) is 0 Å². The monoisotopic (exact) mass is 590 g/mol. The third-order valence-electron chi connectivity index (χ3n) is 6.75. The highest BCUT2D eigenvalue weighted by atomic mass is 35.5. The minimum absolute atomic E-state index is 0.113. The van der Waals surface area contributed by atoms with Gasteiger partial charge in [0.25, 0.3) is 0 Å². The van der Waals surface area contributed by atoms with E-state index in [4.69, 9.17) is 30.0 Å².